The highest BCUT2D eigenvalue weighted by Crippen LogP contribution is 2.45. The number of primary amides is 1. The molecule has 0 spiro atoms. The van der Waals surface area contributed by atoms with Crippen LogP contribution in [-0.2, 0) is 19.6 Å². The van der Waals surface area contributed by atoms with E-state index in [0.29, 0.717) is 18.2 Å². The van der Waals surface area contributed by atoms with Crippen LogP contribution in [0.3, 0.4) is 0 Å². The summed E-state index contributed by atoms with van der Waals surface area (Å²) in [4.78, 5) is 27.1. The number of likely N-dealkylation sites (tertiary alicyclic amines) is 1. The fourth-order valence-corrected chi connectivity index (χ4v) is 6.29. The maximum absolute atomic E-state index is 13.7. The minimum atomic E-state index is -4.44. The number of benzene rings is 2. The highest BCUT2D eigenvalue weighted by molar-refractivity contribution is 7.89. The van der Waals surface area contributed by atoms with Crippen molar-refractivity contribution in [3.05, 3.63) is 42.5 Å². The van der Waals surface area contributed by atoms with Crippen molar-refractivity contribution in [2.24, 2.45) is 11.5 Å². The minimum absolute atomic E-state index is 0.0160. The van der Waals surface area contributed by atoms with Crippen molar-refractivity contribution in [3.63, 3.8) is 0 Å². The number of nitrogens with zero attached hydrogens (tertiary/aromatic N) is 1. The summed E-state index contributed by atoms with van der Waals surface area (Å²) < 4.78 is 29.7. The Morgan fingerprint density at radius 3 is 2.38 bits per heavy atom. The fourth-order valence-electron chi connectivity index (χ4n) is 4.87. The van der Waals surface area contributed by atoms with E-state index in [4.69, 9.17) is 11.5 Å². The molecule has 186 valence electrons. The number of nitrogens with one attached hydrogen (secondary N) is 1. The van der Waals surface area contributed by atoms with Crippen LogP contribution in [0.25, 0.3) is 10.8 Å². The number of nitrogens with two attached hydrogens (primary N) is 2. The lowest BCUT2D eigenvalue weighted by atomic mass is 9.64. The molecular weight excluding hydrogens is 456 g/mol. The van der Waals surface area contributed by atoms with E-state index in [9.17, 15) is 23.1 Å². The summed E-state index contributed by atoms with van der Waals surface area (Å²) in [5, 5.41) is 13.6. The van der Waals surface area contributed by atoms with Crippen molar-refractivity contribution < 1.29 is 23.1 Å². The predicted molar refractivity (Wildman–Crippen MR) is 130 cm³/mol. The Labute approximate surface area is 200 Å². The molecule has 3 unspecified atom stereocenters. The molecule has 1 saturated heterocycles. The van der Waals surface area contributed by atoms with Crippen molar-refractivity contribution in [1.29, 1.82) is 0 Å². The largest absolute Gasteiger partial charge is 0.383 e. The molecular formula is C24H34N4O5S. The molecule has 0 saturated carbocycles. The maximum atomic E-state index is 13.7. The number of hydrogen-bond donors (Lipinski definition) is 4. The second kappa shape index (κ2) is 9.26. The molecule has 0 bridgehead atoms. The van der Waals surface area contributed by atoms with Crippen LogP contribution >= 0.6 is 0 Å². The number of carbonyl (C=O) groups is 2. The van der Waals surface area contributed by atoms with Crippen LogP contribution in [0.1, 0.15) is 52.9 Å². The Bertz CT molecular complexity index is 1200. The van der Waals surface area contributed by atoms with Gasteiger partial charge in [0.15, 0.2) is 0 Å². The monoisotopic (exact) mass is 490 g/mol. The molecule has 6 N–H and O–H groups in total. The van der Waals surface area contributed by atoms with Crippen molar-refractivity contribution in [2.75, 3.05) is 6.54 Å². The maximum Gasteiger partial charge on any atom is 0.262 e. The van der Waals surface area contributed by atoms with Gasteiger partial charge in [0, 0.05) is 18.5 Å². The van der Waals surface area contributed by atoms with Gasteiger partial charge in [-0.2, -0.15) is 4.72 Å². The van der Waals surface area contributed by atoms with E-state index in [1.807, 2.05) is 19.1 Å². The van der Waals surface area contributed by atoms with Crippen LogP contribution in [-0.4, -0.2) is 53.6 Å². The Morgan fingerprint density at radius 1 is 1.15 bits per heavy atom. The van der Waals surface area contributed by atoms with E-state index in [-0.39, 0.29) is 30.7 Å². The van der Waals surface area contributed by atoms with Crippen LogP contribution in [0.2, 0.25) is 0 Å². The average molecular weight is 491 g/mol. The lowest BCUT2D eigenvalue weighted by Crippen LogP contribution is -2.88. The highest BCUT2D eigenvalue weighted by atomic mass is 32.2. The van der Waals surface area contributed by atoms with Gasteiger partial charge < -0.3 is 21.5 Å². The van der Waals surface area contributed by atoms with E-state index in [1.165, 1.54) is 12.1 Å². The van der Waals surface area contributed by atoms with E-state index >= 15 is 0 Å². The fraction of sp³-hybridized carbons (Fsp3) is 0.500. The summed E-state index contributed by atoms with van der Waals surface area (Å²) in [6.07, 6.45) is 1.19. The molecule has 0 aromatic heterocycles. The zero-order valence-corrected chi connectivity index (χ0v) is 20.7. The number of carbonyl (C=O) groups excluding carboxylic acids is 2. The molecule has 2 amide bonds. The number of unbranched alkanes of at least 4 members (excludes halogenated alkanes) is 1. The molecule has 2 aromatic carbocycles. The molecule has 1 aliphatic rings. The van der Waals surface area contributed by atoms with Gasteiger partial charge in [-0.1, -0.05) is 57.0 Å². The topological polar surface area (TPSA) is 156 Å². The third-order valence-corrected chi connectivity index (χ3v) is 8.41. The molecule has 10 heteroatoms. The van der Waals surface area contributed by atoms with Gasteiger partial charge >= 0.3 is 0 Å². The summed E-state index contributed by atoms with van der Waals surface area (Å²) in [6, 6.07) is 11.7. The molecule has 1 heterocycles. The van der Waals surface area contributed by atoms with Crippen molar-refractivity contribution in [3.8, 4) is 0 Å². The Kier molecular flexibility index (Phi) is 7.10. The molecule has 1 aliphatic heterocycles. The van der Waals surface area contributed by atoms with Gasteiger partial charge in [0.2, 0.25) is 21.6 Å². The first-order chi connectivity index (χ1) is 15.9. The van der Waals surface area contributed by atoms with Gasteiger partial charge in [-0.25, -0.2) is 8.42 Å². The zero-order valence-electron chi connectivity index (χ0n) is 19.9. The van der Waals surface area contributed by atoms with Crippen LogP contribution in [0.4, 0.5) is 0 Å². The van der Waals surface area contributed by atoms with Gasteiger partial charge in [-0.15, -0.1) is 0 Å². The molecule has 0 aliphatic carbocycles. The van der Waals surface area contributed by atoms with Gasteiger partial charge in [0.25, 0.3) is 5.91 Å². The van der Waals surface area contributed by atoms with Gasteiger partial charge in [-0.3, -0.25) is 9.59 Å². The number of sulfonamides is 1. The Morgan fingerprint density at radius 2 is 1.79 bits per heavy atom. The first-order valence-electron chi connectivity index (χ1n) is 11.5. The normalized spacial score (nSPS) is 27.6. The lowest BCUT2D eigenvalue weighted by molar-refractivity contribution is -0.201. The smallest absolute Gasteiger partial charge is 0.262 e. The minimum Gasteiger partial charge on any atom is -0.383 e. The van der Waals surface area contributed by atoms with Crippen LogP contribution in [0.15, 0.2) is 47.4 Å². The van der Waals surface area contributed by atoms with E-state index in [1.54, 1.807) is 32.0 Å². The molecule has 0 radical (unpaired) electrons. The van der Waals surface area contributed by atoms with Crippen molar-refractivity contribution in [1.82, 2.24) is 9.62 Å². The van der Waals surface area contributed by atoms with Crippen LogP contribution in [0, 0.1) is 0 Å². The van der Waals surface area contributed by atoms with E-state index < -0.39 is 38.6 Å². The zero-order chi connectivity index (χ0) is 25.4. The SMILES string of the molecule is CCCCC1(O)C(C)(N)CCN(C(=O)CC)C1(NS(=O)(=O)c1ccc2ccccc2c1)C(N)=O. The van der Waals surface area contributed by atoms with Gasteiger partial charge in [0.05, 0.1) is 4.90 Å². The summed E-state index contributed by atoms with van der Waals surface area (Å²) >= 11 is 0. The van der Waals surface area contributed by atoms with Crippen LogP contribution in [0.5, 0.6) is 0 Å². The molecule has 2 aromatic rings. The van der Waals surface area contributed by atoms with Gasteiger partial charge in [-0.05, 0) is 42.7 Å². The molecule has 3 atom stereocenters. The predicted octanol–water partition coefficient (Wildman–Crippen LogP) is 1.58. The summed E-state index contributed by atoms with van der Waals surface area (Å²) in [5.74, 6) is -1.71. The summed E-state index contributed by atoms with van der Waals surface area (Å²) in [7, 11) is -4.44. The number of amides is 2. The van der Waals surface area contributed by atoms with Crippen LogP contribution < -0.4 is 16.2 Å². The third-order valence-electron chi connectivity index (χ3n) is 6.97. The first kappa shape index (κ1) is 26.1. The molecule has 9 nitrogen and oxygen atoms in total. The number of rotatable bonds is 8. The standard InChI is InChI=1S/C24H34N4O5S/c1-4-6-13-23(31)22(3,26)14-15-28(20(29)5-2)24(23,21(25)30)27-34(32,33)19-12-11-17-9-7-8-10-18(17)16-19/h7-12,16,27,31H,4-6,13-15,26H2,1-3H3,(H2,25,30). The Hall–Kier alpha value is -2.53. The van der Waals surface area contributed by atoms with E-state index in [0.717, 1.165) is 10.3 Å². The third kappa shape index (κ3) is 4.08. The van der Waals surface area contributed by atoms with Crippen molar-refractivity contribution in [2.45, 2.75) is 74.6 Å². The number of aliphatic hydroxyl groups is 1. The Balaban J connectivity index is 2.25. The number of piperidine rings is 1. The van der Waals surface area contributed by atoms with E-state index in [2.05, 4.69) is 4.72 Å². The number of fused-ring (bicyclic) bond motifs is 1. The first-order valence-corrected chi connectivity index (χ1v) is 13.0. The highest BCUT2D eigenvalue weighted by Gasteiger charge is 2.69. The summed E-state index contributed by atoms with van der Waals surface area (Å²) in [6.45, 7) is 4.99. The quantitative estimate of drug-likeness (QED) is 0.440. The molecule has 3 rings (SSSR count). The molecule has 34 heavy (non-hydrogen) atoms. The lowest BCUT2D eigenvalue weighted by Gasteiger charge is -2.60. The summed E-state index contributed by atoms with van der Waals surface area (Å²) in [5.41, 5.74) is 6.33. The average Bonchev–Trinajstić information content (AvgIpc) is 2.79. The second-order valence-corrected chi connectivity index (χ2v) is 10.9. The second-order valence-electron chi connectivity index (χ2n) is 9.22. The van der Waals surface area contributed by atoms with Gasteiger partial charge in [0.1, 0.15) is 5.60 Å². The number of hydrogen-bond acceptors (Lipinski definition) is 6. The molecule has 1 fully saturated rings. The van der Waals surface area contributed by atoms with Crippen molar-refractivity contribution >= 4 is 32.6 Å².